The number of rotatable bonds is 0. The Morgan fingerprint density at radius 2 is 1.25 bits per heavy atom. The van der Waals surface area contributed by atoms with Gasteiger partial charge in [0.25, 0.3) is 0 Å². The molecule has 0 rings (SSSR count). The molecule has 0 aliphatic rings. The first-order chi connectivity index (χ1) is 1.00. The van der Waals surface area contributed by atoms with Crippen molar-refractivity contribution in [2.24, 2.45) is 0 Å². The summed E-state index contributed by atoms with van der Waals surface area (Å²) in [4.78, 5) is 0. The first-order valence-corrected chi connectivity index (χ1v) is 1.51. The van der Waals surface area contributed by atoms with Gasteiger partial charge in [-0.1, -0.05) is 0 Å². The fourth-order valence-corrected chi connectivity index (χ4v) is 0. The third kappa shape index (κ3) is 8.84. The van der Waals surface area contributed by atoms with Crippen LogP contribution in [0.5, 0.6) is 0 Å². The molecule has 0 aromatic heterocycles. The smallest absolute Gasteiger partial charge is 0 e. The van der Waals surface area contributed by atoms with Gasteiger partial charge in [0.2, 0.25) is 0 Å². The zero-order valence-corrected chi connectivity index (χ0v) is 9.62. The molecular formula is HClNdOPr. The zero-order chi connectivity index (χ0) is 2.00. The third-order valence-electron chi connectivity index (χ3n) is 0. The van der Waals surface area contributed by atoms with Crippen molar-refractivity contribution in [3.8, 4) is 0 Å². The Morgan fingerprint density at radius 1 is 1.25 bits per heavy atom. The van der Waals surface area contributed by atoms with Crippen LogP contribution in [0.1, 0.15) is 0 Å². The monoisotopic (exact) mass is 335 g/mol. The molecule has 0 unspecified atom stereocenters. The molecule has 0 atom stereocenters. The summed E-state index contributed by atoms with van der Waals surface area (Å²) in [5.74, 6) is 0. The molecule has 1 nitrogen and oxygen atoms in total. The summed E-state index contributed by atoms with van der Waals surface area (Å²) in [5.41, 5.74) is 0. The van der Waals surface area contributed by atoms with Crippen molar-refractivity contribution in [1.29, 1.82) is 0 Å². The Kier molecular flexibility index (Phi) is 67.5. The van der Waals surface area contributed by atoms with Crippen molar-refractivity contribution < 1.29 is 81.2 Å². The second kappa shape index (κ2) is 17.0. The molecule has 0 aliphatic heterocycles. The van der Waals surface area contributed by atoms with Gasteiger partial charge in [0.15, 0.2) is 0 Å². The van der Waals surface area contributed by atoms with E-state index >= 15 is 0 Å². The van der Waals surface area contributed by atoms with E-state index in [1.165, 1.54) is 0 Å². The van der Waals surface area contributed by atoms with E-state index in [0.29, 0.717) is 0 Å². The van der Waals surface area contributed by atoms with Gasteiger partial charge in [0, 0.05) is 41.3 Å². The average Bonchev–Trinajstić information content (AvgIpc) is 1.00. The van der Waals surface area contributed by atoms with Gasteiger partial charge in [-0.15, -0.1) is 12.4 Å². The minimum atomic E-state index is 0. The molecule has 0 bridgehead atoms. The van der Waals surface area contributed by atoms with Gasteiger partial charge in [0.1, 0.15) is 0 Å². The van der Waals surface area contributed by atoms with Crippen LogP contribution in [0.15, 0.2) is 0 Å². The molecule has 4 heteroatoms. The van der Waals surface area contributed by atoms with Crippen LogP contribution < -0.4 is 0 Å². The van der Waals surface area contributed by atoms with Crippen LogP contribution in [0.25, 0.3) is 0 Å². The number of hydrogen-bond donors (Lipinski definition) is 0. The molecular weight excluding hydrogens is 337 g/mol. The second-order valence-corrected chi connectivity index (χ2v) is 0. The van der Waals surface area contributed by atoms with Gasteiger partial charge in [-0.05, 0) is 0 Å². The Morgan fingerprint density at radius 3 is 1.25 bits per heavy atom. The molecule has 0 saturated heterocycles. The fourth-order valence-electron chi connectivity index (χ4n) is 0. The van der Waals surface area contributed by atoms with Gasteiger partial charge >= 0.3 is 39.9 Å². The largest absolute Gasteiger partial charge is 0 e. The van der Waals surface area contributed by atoms with Gasteiger partial charge in [-0.25, -0.2) is 0 Å². The molecule has 0 spiro atoms. The van der Waals surface area contributed by atoms with Crippen LogP contribution in [0, 0.1) is 80.2 Å². The van der Waals surface area contributed by atoms with Crippen LogP contribution in [-0.2, 0) is 1.05 Å². The van der Waals surface area contributed by atoms with E-state index < -0.39 is 0 Å². The third-order valence-corrected chi connectivity index (χ3v) is 0. The Labute approximate surface area is 91.1 Å². The van der Waals surface area contributed by atoms with Crippen molar-refractivity contribution in [1.82, 2.24) is 0 Å². The SMILES string of the molecule is Cl.[O]=[Nd].[Pr]. The van der Waals surface area contributed by atoms with Crippen molar-refractivity contribution in [2.45, 2.75) is 0 Å². The molecule has 0 saturated carbocycles. The quantitative estimate of drug-likeness (QED) is 0.621. The molecule has 0 N–H and O–H groups in total. The summed E-state index contributed by atoms with van der Waals surface area (Å²) in [6.45, 7) is 0. The van der Waals surface area contributed by atoms with E-state index in [9.17, 15) is 0 Å². The van der Waals surface area contributed by atoms with E-state index in [2.05, 4.69) is 0 Å². The molecule has 4 heavy (non-hydrogen) atoms. The summed E-state index contributed by atoms with van der Waals surface area (Å²) in [5, 5.41) is 0. The first-order valence-electron chi connectivity index (χ1n) is 0.204. The summed E-state index contributed by atoms with van der Waals surface area (Å²) in [6, 6.07) is 0. The Hall–Kier alpha value is 2.80. The van der Waals surface area contributed by atoms with E-state index in [1.807, 2.05) is 0 Å². The van der Waals surface area contributed by atoms with Crippen LogP contribution in [0.4, 0.5) is 0 Å². The van der Waals surface area contributed by atoms with Crippen LogP contribution in [0.2, 0.25) is 0 Å². The molecule has 0 aliphatic carbocycles. The van der Waals surface area contributed by atoms with Gasteiger partial charge in [-0.2, -0.15) is 0 Å². The maximum absolute atomic E-state index is 8.39. The first kappa shape index (κ1) is 15.8. The number of hydrogen-bond acceptors (Lipinski definition) is 1. The minimum absolute atomic E-state index is 0. The summed E-state index contributed by atoms with van der Waals surface area (Å²) in [6.07, 6.45) is 0. The van der Waals surface area contributed by atoms with Crippen LogP contribution >= 0.6 is 12.4 Å². The van der Waals surface area contributed by atoms with Crippen molar-refractivity contribution in [3.63, 3.8) is 0 Å². The predicted molar refractivity (Wildman–Crippen MR) is 7.93 cm³/mol. The molecule has 21 valence electrons. The van der Waals surface area contributed by atoms with Crippen LogP contribution in [-0.4, -0.2) is 0 Å². The predicted octanol–water partition coefficient (Wildman–Crippen LogP) is 0.303. The Bertz CT molecular complexity index is 8.00. The van der Waals surface area contributed by atoms with E-state index in [0.717, 1.165) is 0 Å². The molecule has 1 radical (unpaired) electrons. The summed E-state index contributed by atoms with van der Waals surface area (Å²) < 4.78 is 8.39. The van der Waals surface area contributed by atoms with Crippen molar-refractivity contribution in [2.75, 3.05) is 0 Å². The molecule has 0 aromatic rings. The van der Waals surface area contributed by atoms with Gasteiger partial charge in [-0.3, -0.25) is 0 Å². The minimum Gasteiger partial charge on any atom is 0 e. The second-order valence-electron chi connectivity index (χ2n) is 0. The summed E-state index contributed by atoms with van der Waals surface area (Å²) >= 11 is 0.0556. The maximum Gasteiger partial charge on any atom is 0 e. The Balaban J connectivity index is -0.00000000500. The van der Waals surface area contributed by atoms with Crippen LogP contribution in [0.3, 0.4) is 0 Å². The van der Waals surface area contributed by atoms with Crippen molar-refractivity contribution in [3.05, 3.63) is 0 Å². The van der Waals surface area contributed by atoms with E-state index in [1.54, 1.807) is 0 Å². The van der Waals surface area contributed by atoms with E-state index in [-0.39, 0.29) is 92.6 Å². The fraction of sp³-hybridized carbons (Fsp3) is 0. The molecule has 0 heterocycles. The molecule has 0 aromatic carbocycles. The summed E-state index contributed by atoms with van der Waals surface area (Å²) in [7, 11) is 0. The maximum atomic E-state index is 8.39. The molecule has 0 amide bonds. The standard InChI is InChI=1S/ClH.Nd.O.Pr/h1H;;;. The topological polar surface area (TPSA) is 17.1 Å². The normalized spacial score (nSPS) is 0.750. The van der Waals surface area contributed by atoms with Gasteiger partial charge < -0.3 is 0 Å². The average molecular weight is 338 g/mol. The zero-order valence-electron chi connectivity index (χ0n) is 1.89. The number of halogens is 1. The van der Waals surface area contributed by atoms with E-state index in [4.69, 9.17) is 1.05 Å². The van der Waals surface area contributed by atoms with Crippen molar-refractivity contribution >= 4 is 12.4 Å². The van der Waals surface area contributed by atoms with Gasteiger partial charge in [0.05, 0.1) is 0 Å². The molecule has 0 fully saturated rings.